The second kappa shape index (κ2) is 8.70. The van der Waals surface area contributed by atoms with Gasteiger partial charge >= 0.3 is 5.97 Å². The van der Waals surface area contributed by atoms with Crippen molar-refractivity contribution in [2.24, 2.45) is 0 Å². The summed E-state index contributed by atoms with van der Waals surface area (Å²) in [7, 11) is 0. The average molecular weight is 412 g/mol. The van der Waals surface area contributed by atoms with Crippen molar-refractivity contribution >= 4 is 29.2 Å². The predicted molar refractivity (Wildman–Crippen MR) is 110 cm³/mol. The SMILES string of the molecule is CCOC(=O)c1nn(-c2ccccc2C)c(=O)cc1NC(=O)c1cccc(Cl)c1. The number of nitrogens with one attached hydrogen (secondary N) is 1. The molecule has 1 amide bonds. The molecule has 0 radical (unpaired) electrons. The number of hydrogen-bond acceptors (Lipinski definition) is 5. The molecule has 29 heavy (non-hydrogen) atoms. The van der Waals surface area contributed by atoms with Crippen LogP contribution >= 0.6 is 11.6 Å². The fraction of sp³-hybridized carbons (Fsp3) is 0.143. The second-order valence-electron chi connectivity index (χ2n) is 6.13. The van der Waals surface area contributed by atoms with Crippen LogP contribution in [0.4, 0.5) is 5.69 Å². The molecule has 2 aromatic carbocycles. The number of anilines is 1. The molecule has 1 aromatic heterocycles. The number of esters is 1. The number of para-hydroxylation sites is 1. The molecule has 0 saturated heterocycles. The maximum absolute atomic E-state index is 12.7. The molecule has 7 nitrogen and oxygen atoms in total. The maximum Gasteiger partial charge on any atom is 0.360 e. The molecule has 148 valence electrons. The van der Waals surface area contributed by atoms with Gasteiger partial charge in [-0.3, -0.25) is 9.59 Å². The highest BCUT2D eigenvalue weighted by atomic mass is 35.5. The van der Waals surface area contributed by atoms with E-state index in [0.29, 0.717) is 10.7 Å². The molecule has 1 N–H and O–H groups in total. The van der Waals surface area contributed by atoms with E-state index in [2.05, 4.69) is 10.4 Å². The third kappa shape index (κ3) is 4.52. The third-order valence-electron chi connectivity index (χ3n) is 4.08. The Morgan fingerprint density at radius 2 is 1.90 bits per heavy atom. The lowest BCUT2D eigenvalue weighted by Crippen LogP contribution is -2.27. The van der Waals surface area contributed by atoms with Crippen LogP contribution < -0.4 is 10.9 Å². The highest BCUT2D eigenvalue weighted by Crippen LogP contribution is 2.18. The number of carbonyl (C=O) groups excluding carboxylic acids is 2. The molecule has 0 spiro atoms. The van der Waals surface area contributed by atoms with Gasteiger partial charge < -0.3 is 10.1 Å². The third-order valence-corrected chi connectivity index (χ3v) is 4.31. The van der Waals surface area contributed by atoms with Gasteiger partial charge in [0.05, 0.1) is 18.0 Å². The first-order valence-electron chi connectivity index (χ1n) is 8.85. The highest BCUT2D eigenvalue weighted by Gasteiger charge is 2.21. The number of amides is 1. The molecular weight excluding hydrogens is 394 g/mol. The lowest BCUT2D eigenvalue weighted by molar-refractivity contribution is 0.0518. The molecule has 0 bridgehead atoms. The predicted octanol–water partition coefficient (Wildman–Crippen LogP) is 3.62. The Hall–Kier alpha value is -3.45. The van der Waals surface area contributed by atoms with Gasteiger partial charge in [-0.2, -0.15) is 9.78 Å². The molecule has 3 aromatic rings. The second-order valence-corrected chi connectivity index (χ2v) is 6.56. The lowest BCUT2D eigenvalue weighted by atomic mass is 10.2. The Balaban J connectivity index is 2.08. The van der Waals surface area contributed by atoms with E-state index in [1.165, 1.54) is 6.07 Å². The van der Waals surface area contributed by atoms with Crippen LogP contribution in [0.1, 0.15) is 33.3 Å². The molecule has 0 unspecified atom stereocenters. The Labute approximate surface area is 171 Å². The minimum atomic E-state index is -0.753. The molecule has 0 fully saturated rings. The van der Waals surface area contributed by atoms with E-state index in [0.717, 1.165) is 16.3 Å². The summed E-state index contributed by atoms with van der Waals surface area (Å²) in [5.41, 5.74) is 0.876. The Morgan fingerprint density at radius 3 is 2.59 bits per heavy atom. The minimum absolute atomic E-state index is 0.0386. The number of aromatic nitrogens is 2. The number of nitrogens with zero attached hydrogens (tertiary/aromatic N) is 2. The average Bonchev–Trinajstić information content (AvgIpc) is 2.69. The number of hydrogen-bond donors (Lipinski definition) is 1. The Kier molecular flexibility index (Phi) is 6.09. The van der Waals surface area contributed by atoms with Crippen LogP contribution in [0.3, 0.4) is 0 Å². The number of benzene rings is 2. The van der Waals surface area contributed by atoms with Crippen LogP contribution in [0.5, 0.6) is 0 Å². The Morgan fingerprint density at radius 1 is 1.14 bits per heavy atom. The van der Waals surface area contributed by atoms with Crippen molar-refractivity contribution in [1.29, 1.82) is 0 Å². The smallest absolute Gasteiger partial charge is 0.360 e. The van der Waals surface area contributed by atoms with Crippen molar-refractivity contribution in [3.05, 3.63) is 86.8 Å². The summed E-state index contributed by atoms with van der Waals surface area (Å²) in [6.07, 6.45) is 0. The monoisotopic (exact) mass is 411 g/mol. The fourth-order valence-electron chi connectivity index (χ4n) is 2.70. The largest absolute Gasteiger partial charge is 0.461 e. The van der Waals surface area contributed by atoms with Gasteiger partial charge in [-0.05, 0) is 43.7 Å². The summed E-state index contributed by atoms with van der Waals surface area (Å²) in [5, 5.41) is 7.11. The zero-order chi connectivity index (χ0) is 21.0. The van der Waals surface area contributed by atoms with Crippen molar-refractivity contribution < 1.29 is 14.3 Å². The molecule has 0 atom stereocenters. The molecule has 0 aliphatic heterocycles. The van der Waals surface area contributed by atoms with Crippen molar-refractivity contribution in [3.8, 4) is 5.69 Å². The molecule has 8 heteroatoms. The van der Waals surface area contributed by atoms with Gasteiger partial charge in [0, 0.05) is 16.7 Å². The maximum atomic E-state index is 12.7. The molecule has 0 aliphatic rings. The van der Waals surface area contributed by atoms with Crippen molar-refractivity contribution in [3.63, 3.8) is 0 Å². The van der Waals surface area contributed by atoms with Gasteiger partial charge in [0.2, 0.25) is 0 Å². The quantitative estimate of drug-likeness (QED) is 0.647. The van der Waals surface area contributed by atoms with Crippen molar-refractivity contribution in [2.45, 2.75) is 13.8 Å². The molecule has 1 heterocycles. The van der Waals surface area contributed by atoms with E-state index in [1.54, 1.807) is 37.3 Å². The van der Waals surface area contributed by atoms with Gasteiger partial charge in [-0.1, -0.05) is 35.9 Å². The fourth-order valence-corrected chi connectivity index (χ4v) is 2.89. The topological polar surface area (TPSA) is 90.3 Å². The summed E-state index contributed by atoms with van der Waals surface area (Å²) < 4.78 is 6.15. The molecule has 0 saturated carbocycles. The van der Waals surface area contributed by atoms with E-state index in [1.807, 2.05) is 19.1 Å². The zero-order valence-electron chi connectivity index (χ0n) is 15.8. The van der Waals surface area contributed by atoms with E-state index >= 15 is 0 Å². The summed E-state index contributed by atoms with van der Waals surface area (Å²) >= 11 is 5.92. The van der Waals surface area contributed by atoms with E-state index < -0.39 is 17.4 Å². The summed E-state index contributed by atoms with van der Waals surface area (Å²) in [6, 6.07) is 14.6. The summed E-state index contributed by atoms with van der Waals surface area (Å²) in [6.45, 7) is 3.59. The van der Waals surface area contributed by atoms with Crippen LogP contribution in [0, 0.1) is 6.92 Å². The van der Waals surface area contributed by atoms with Crippen LogP contribution in [-0.2, 0) is 4.74 Å². The molecular formula is C21H18ClN3O4. The highest BCUT2D eigenvalue weighted by molar-refractivity contribution is 6.31. The first kappa shape index (κ1) is 20.3. The van der Waals surface area contributed by atoms with Gasteiger partial charge in [0.25, 0.3) is 11.5 Å². The standard InChI is InChI=1S/C21H18ClN3O4/c1-3-29-21(28)19-16(23-20(27)14-8-6-9-15(22)11-14)12-18(26)25(24-19)17-10-5-4-7-13(17)2/h4-12H,3H2,1-2H3,(H,23,27). The Bertz CT molecular complexity index is 1140. The van der Waals surface area contributed by atoms with Gasteiger partial charge in [-0.25, -0.2) is 4.79 Å². The van der Waals surface area contributed by atoms with E-state index in [-0.39, 0.29) is 23.6 Å². The van der Waals surface area contributed by atoms with E-state index in [9.17, 15) is 14.4 Å². The number of ether oxygens (including phenoxy) is 1. The first-order chi connectivity index (χ1) is 13.9. The van der Waals surface area contributed by atoms with Crippen LogP contribution in [0.15, 0.2) is 59.4 Å². The van der Waals surface area contributed by atoms with Crippen LogP contribution in [0.25, 0.3) is 5.69 Å². The number of halogens is 1. The number of aryl methyl sites for hydroxylation is 1. The van der Waals surface area contributed by atoms with Gasteiger partial charge in [-0.15, -0.1) is 0 Å². The lowest BCUT2D eigenvalue weighted by Gasteiger charge is -2.13. The zero-order valence-corrected chi connectivity index (χ0v) is 16.6. The number of carbonyl (C=O) groups is 2. The number of rotatable bonds is 5. The van der Waals surface area contributed by atoms with E-state index in [4.69, 9.17) is 16.3 Å². The minimum Gasteiger partial charge on any atom is -0.461 e. The normalized spacial score (nSPS) is 10.4. The summed E-state index contributed by atoms with van der Waals surface area (Å²) in [4.78, 5) is 37.7. The van der Waals surface area contributed by atoms with Gasteiger partial charge in [0.1, 0.15) is 0 Å². The first-order valence-corrected chi connectivity index (χ1v) is 9.23. The molecule has 3 rings (SSSR count). The van der Waals surface area contributed by atoms with Crippen molar-refractivity contribution in [2.75, 3.05) is 11.9 Å². The summed E-state index contributed by atoms with van der Waals surface area (Å²) in [5.74, 6) is -1.29. The molecule has 0 aliphatic carbocycles. The van der Waals surface area contributed by atoms with Gasteiger partial charge in [0.15, 0.2) is 5.69 Å². The van der Waals surface area contributed by atoms with Crippen LogP contribution in [0.2, 0.25) is 5.02 Å². The van der Waals surface area contributed by atoms with Crippen LogP contribution in [-0.4, -0.2) is 28.3 Å². The van der Waals surface area contributed by atoms with Crippen molar-refractivity contribution in [1.82, 2.24) is 9.78 Å².